The summed E-state index contributed by atoms with van der Waals surface area (Å²) in [6, 6.07) is 7.75. The number of rotatable bonds is 1. The van der Waals surface area contributed by atoms with Crippen LogP contribution in [0.5, 0.6) is 0 Å². The molecular formula is C14H15NO. The van der Waals surface area contributed by atoms with E-state index in [2.05, 4.69) is 37.9 Å². The highest BCUT2D eigenvalue weighted by molar-refractivity contribution is 5.70. The molecule has 1 aromatic heterocycles. The van der Waals surface area contributed by atoms with E-state index in [0.717, 1.165) is 5.56 Å². The molecule has 0 fully saturated rings. The Balaban J connectivity index is 2.64. The van der Waals surface area contributed by atoms with E-state index in [-0.39, 0.29) is 5.56 Å². The van der Waals surface area contributed by atoms with E-state index >= 15 is 0 Å². The number of nitrogens with one attached hydrogen (secondary N) is 1. The van der Waals surface area contributed by atoms with Gasteiger partial charge in [0.05, 0.1) is 0 Å². The molecule has 82 valence electrons. The first-order valence-electron chi connectivity index (χ1n) is 5.35. The van der Waals surface area contributed by atoms with E-state index < -0.39 is 0 Å². The van der Waals surface area contributed by atoms with Gasteiger partial charge in [-0.05, 0) is 49.1 Å². The molecule has 0 amide bonds. The molecule has 2 nitrogen and oxygen atoms in total. The summed E-state index contributed by atoms with van der Waals surface area (Å²) in [5.41, 5.74) is 5.96. The quantitative estimate of drug-likeness (QED) is 0.776. The van der Waals surface area contributed by atoms with Gasteiger partial charge in [-0.25, -0.2) is 0 Å². The number of pyridine rings is 1. The van der Waals surface area contributed by atoms with E-state index in [9.17, 15) is 4.79 Å². The van der Waals surface area contributed by atoms with Crippen LogP contribution in [0.15, 0.2) is 35.3 Å². The zero-order valence-electron chi connectivity index (χ0n) is 9.79. The van der Waals surface area contributed by atoms with Crippen LogP contribution in [-0.2, 0) is 0 Å². The molecule has 2 heteroatoms. The number of H-pyrrole nitrogens is 1. The molecule has 0 radical (unpaired) electrons. The summed E-state index contributed by atoms with van der Waals surface area (Å²) in [4.78, 5) is 13.7. The Bertz CT molecular complexity index is 538. The van der Waals surface area contributed by atoms with Crippen molar-refractivity contribution in [3.8, 4) is 11.1 Å². The molecule has 0 spiro atoms. The van der Waals surface area contributed by atoms with Gasteiger partial charge < -0.3 is 4.98 Å². The molecule has 1 heterocycles. The van der Waals surface area contributed by atoms with Crippen molar-refractivity contribution >= 4 is 0 Å². The van der Waals surface area contributed by atoms with Gasteiger partial charge in [-0.1, -0.05) is 17.7 Å². The summed E-state index contributed by atoms with van der Waals surface area (Å²) < 4.78 is 0. The Hall–Kier alpha value is -1.83. The van der Waals surface area contributed by atoms with E-state index in [0.29, 0.717) is 0 Å². The fourth-order valence-corrected chi connectivity index (χ4v) is 2.20. The third-order valence-corrected chi connectivity index (χ3v) is 2.75. The molecule has 16 heavy (non-hydrogen) atoms. The average molecular weight is 213 g/mol. The highest BCUT2D eigenvalue weighted by atomic mass is 16.1. The Labute approximate surface area is 95.0 Å². The SMILES string of the molecule is Cc1cc(C)c(-c2ccc(=O)[nH]c2)c(C)c1. The van der Waals surface area contributed by atoms with Crippen molar-refractivity contribution in [1.29, 1.82) is 0 Å². The van der Waals surface area contributed by atoms with Crippen LogP contribution in [0.3, 0.4) is 0 Å². The molecule has 0 atom stereocenters. The summed E-state index contributed by atoms with van der Waals surface area (Å²) in [5, 5.41) is 0. The number of aromatic amines is 1. The summed E-state index contributed by atoms with van der Waals surface area (Å²) in [7, 11) is 0. The molecule has 0 bridgehead atoms. The fraction of sp³-hybridized carbons (Fsp3) is 0.214. The van der Waals surface area contributed by atoms with Crippen molar-refractivity contribution < 1.29 is 0 Å². The predicted octanol–water partition coefficient (Wildman–Crippen LogP) is 2.97. The predicted molar refractivity (Wildman–Crippen MR) is 66.7 cm³/mol. The Morgan fingerprint density at radius 1 is 1.00 bits per heavy atom. The third-order valence-electron chi connectivity index (χ3n) is 2.75. The largest absolute Gasteiger partial charge is 0.328 e. The summed E-state index contributed by atoms with van der Waals surface area (Å²) in [5.74, 6) is 0. The maximum atomic E-state index is 11.0. The van der Waals surface area contributed by atoms with Crippen LogP contribution in [0.25, 0.3) is 11.1 Å². The van der Waals surface area contributed by atoms with Crippen molar-refractivity contribution in [2.24, 2.45) is 0 Å². The minimum Gasteiger partial charge on any atom is -0.328 e. The maximum absolute atomic E-state index is 11.0. The molecule has 0 unspecified atom stereocenters. The van der Waals surface area contributed by atoms with Crippen molar-refractivity contribution in [1.82, 2.24) is 4.98 Å². The van der Waals surface area contributed by atoms with Gasteiger partial charge in [0.25, 0.3) is 0 Å². The molecule has 2 aromatic rings. The van der Waals surface area contributed by atoms with E-state index in [4.69, 9.17) is 0 Å². The second kappa shape index (κ2) is 3.97. The molecule has 1 aromatic carbocycles. The lowest BCUT2D eigenvalue weighted by Gasteiger charge is -2.11. The lowest BCUT2D eigenvalue weighted by molar-refractivity contribution is 1.23. The average Bonchev–Trinajstić information content (AvgIpc) is 2.19. The lowest BCUT2D eigenvalue weighted by atomic mass is 9.95. The van der Waals surface area contributed by atoms with Crippen molar-refractivity contribution in [3.63, 3.8) is 0 Å². The van der Waals surface area contributed by atoms with E-state index in [1.165, 1.54) is 22.3 Å². The zero-order valence-corrected chi connectivity index (χ0v) is 9.79. The first-order chi connectivity index (χ1) is 7.58. The Kier molecular flexibility index (Phi) is 2.65. The molecule has 0 aliphatic carbocycles. The zero-order chi connectivity index (χ0) is 11.7. The van der Waals surface area contributed by atoms with Gasteiger partial charge in [0.1, 0.15) is 0 Å². The number of hydrogen-bond donors (Lipinski definition) is 1. The molecule has 0 saturated carbocycles. The topological polar surface area (TPSA) is 32.9 Å². The molecule has 0 aliphatic rings. The molecule has 2 rings (SSSR count). The van der Waals surface area contributed by atoms with Crippen LogP contribution in [-0.4, -0.2) is 4.98 Å². The highest BCUT2D eigenvalue weighted by Crippen LogP contribution is 2.26. The van der Waals surface area contributed by atoms with Gasteiger partial charge in [-0.3, -0.25) is 4.79 Å². The van der Waals surface area contributed by atoms with Crippen molar-refractivity contribution in [2.75, 3.05) is 0 Å². The minimum atomic E-state index is -0.0637. The van der Waals surface area contributed by atoms with Crippen LogP contribution < -0.4 is 5.56 Å². The third kappa shape index (κ3) is 1.91. The number of aryl methyl sites for hydroxylation is 3. The van der Waals surface area contributed by atoms with Gasteiger partial charge >= 0.3 is 0 Å². The second-order valence-corrected chi connectivity index (χ2v) is 4.22. The van der Waals surface area contributed by atoms with Crippen LogP contribution in [0.1, 0.15) is 16.7 Å². The first kappa shape index (κ1) is 10.7. The maximum Gasteiger partial charge on any atom is 0.247 e. The van der Waals surface area contributed by atoms with E-state index in [1.807, 2.05) is 6.07 Å². The van der Waals surface area contributed by atoms with Crippen LogP contribution in [0, 0.1) is 20.8 Å². The minimum absolute atomic E-state index is 0.0637. The summed E-state index contributed by atoms with van der Waals surface area (Å²) >= 11 is 0. The first-order valence-corrected chi connectivity index (χ1v) is 5.35. The normalized spacial score (nSPS) is 10.4. The van der Waals surface area contributed by atoms with Gasteiger partial charge in [0, 0.05) is 12.3 Å². The standard InChI is InChI=1S/C14H15NO/c1-9-6-10(2)14(11(3)7-9)12-4-5-13(16)15-8-12/h4-8H,1-3H3,(H,15,16). The molecule has 1 N–H and O–H groups in total. The number of hydrogen-bond acceptors (Lipinski definition) is 1. The number of benzene rings is 1. The molecule has 0 saturated heterocycles. The van der Waals surface area contributed by atoms with Crippen molar-refractivity contribution in [3.05, 3.63) is 57.5 Å². The van der Waals surface area contributed by atoms with Crippen molar-refractivity contribution in [2.45, 2.75) is 20.8 Å². The Morgan fingerprint density at radius 2 is 1.62 bits per heavy atom. The van der Waals surface area contributed by atoms with E-state index in [1.54, 1.807) is 12.3 Å². The summed E-state index contributed by atoms with van der Waals surface area (Å²) in [6.07, 6.45) is 1.77. The van der Waals surface area contributed by atoms with Gasteiger partial charge in [0.15, 0.2) is 0 Å². The van der Waals surface area contributed by atoms with Crippen LogP contribution in [0.2, 0.25) is 0 Å². The summed E-state index contributed by atoms with van der Waals surface area (Å²) in [6.45, 7) is 6.29. The van der Waals surface area contributed by atoms with Gasteiger partial charge in [0.2, 0.25) is 5.56 Å². The van der Waals surface area contributed by atoms with Crippen LogP contribution in [0.4, 0.5) is 0 Å². The molecule has 0 aliphatic heterocycles. The smallest absolute Gasteiger partial charge is 0.247 e. The lowest BCUT2D eigenvalue weighted by Crippen LogP contribution is -2.02. The molecular weight excluding hydrogens is 198 g/mol. The van der Waals surface area contributed by atoms with Gasteiger partial charge in [-0.15, -0.1) is 0 Å². The monoisotopic (exact) mass is 213 g/mol. The van der Waals surface area contributed by atoms with Crippen LogP contribution >= 0.6 is 0 Å². The fourth-order valence-electron chi connectivity index (χ4n) is 2.20. The highest BCUT2D eigenvalue weighted by Gasteiger charge is 2.06. The van der Waals surface area contributed by atoms with Gasteiger partial charge in [-0.2, -0.15) is 0 Å². The number of aromatic nitrogens is 1. The Morgan fingerprint density at radius 3 is 2.12 bits per heavy atom. The second-order valence-electron chi connectivity index (χ2n) is 4.22.